The van der Waals surface area contributed by atoms with E-state index in [0.29, 0.717) is 12.2 Å². The van der Waals surface area contributed by atoms with Crippen LogP contribution in [0.2, 0.25) is 0 Å². The van der Waals surface area contributed by atoms with Gasteiger partial charge >= 0.3 is 5.97 Å². The first-order chi connectivity index (χ1) is 9.67. The zero-order valence-corrected chi connectivity index (χ0v) is 12.0. The molecule has 1 aromatic carbocycles. The van der Waals surface area contributed by atoms with Crippen molar-refractivity contribution in [3.8, 4) is 0 Å². The summed E-state index contributed by atoms with van der Waals surface area (Å²) < 4.78 is 11.9. The Kier molecular flexibility index (Phi) is 4.01. The third kappa shape index (κ3) is 3.00. The molecule has 5 heteroatoms. The van der Waals surface area contributed by atoms with Crippen molar-refractivity contribution in [2.45, 2.75) is 42.5 Å². The molecule has 108 valence electrons. The largest absolute Gasteiger partial charge is 0.478 e. The highest BCUT2D eigenvalue weighted by Crippen LogP contribution is 2.40. The summed E-state index contributed by atoms with van der Waals surface area (Å²) in [5.41, 5.74) is 0.325. The van der Waals surface area contributed by atoms with E-state index in [0.717, 1.165) is 23.5 Å². The number of rotatable bonds is 4. The van der Waals surface area contributed by atoms with Gasteiger partial charge in [-0.2, -0.15) is 0 Å². The molecule has 1 heterocycles. The highest BCUT2D eigenvalue weighted by Gasteiger charge is 2.43. The molecule has 1 aliphatic heterocycles. The van der Waals surface area contributed by atoms with Crippen LogP contribution < -0.4 is 0 Å². The van der Waals surface area contributed by atoms with E-state index in [1.807, 2.05) is 6.07 Å². The van der Waals surface area contributed by atoms with Crippen molar-refractivity contribution in [1.82, 2.24) is 0 Å². The highest BCUT2D eigenvalue weighted by atomic mass is 32.2. The number of ether oxygens (including phenoxy) is 2. The van der Waals surface area contributed by atoms with Gasteiger partial charge < -0.3 is 14.6 Å². The van der Waals surface area contributed by atoms with Crippen LogP contribution in [0.5, 0.6) is 0 Å². The minimum Gasteiger partial charge on any atom is -0.478 e. The molecular formula is C15H18O4S. The summed E-state index contributed by atoms with van der Waals surface area (Å²) in [4.78, 5) is 11.9. The van der Waals surface area contributed by atoms with E-state index >= 15 is 0 Å². The van der Waals surface area contributed by atoms with Crippen LogP contribution in [0, 0.1) is 0 Å². The minimum atomic E-state index is -0.891. The summed E-state index contributed by atoms with van der Waals surface area (Å²) in [6.45, 7) is 0.644. The van der Waals surface area contributed by atoms with Crippen molar-refractivity contribution in [1.29, 1.82) is 0 Å². The van der Waals surface area contributed by atoms with Gasteiger partial charge in [-0.15, -0.1) is 11.8 Å². The maximum absolute atomic E-state index is 10.9. The van der Waals surface area contributed by atoms with Crippen molar-refractivity contribution >= 4 is 17.7 Å². The first-order valence-electron chi connectivity index (χ1n) is 6.95. The Morgan fingerprint density at radius 2 is 2.20 bits per heavy atom. The Morgan fingerprint density at radius 1 is 1.40 bits per heavy atom. The van der Waals surface area contributed by atoms with Gasteiger partial charge in [0.15, 0.2) is 5.79 Å². The van der Waals surface area contributed by atoms with Crippen LogP contribution in [-0.4, -0.2) is 35.3 Å². The predicted molar refractivity (Wildman–Crippen MR) is 76.1 cm³/mol. The molecule has 0 aromatic heterocycles. The van der Waals surface area contributed by atoms with E-state index in [9.17, 15) is 4.79 Å². The highest BCUT2D eigenvalue weighted by molar-refractivity contribution is 7.99. The average molecular weight is 294 g/mol. The van der Waals surface area contributed by atoms with Gasteiger partial charge in [0.05, 0.1) is 18.3 Å². The minimum absolute atomic E-state index is 0.103. The van der Waals surface area contributed by atoms with Crippen LogP contribution in [-0.2, 0) is 9.47 Å². The van der Waals surface area contributed by atoms with E-state index in [-0.39, 0.29) is 11.9 Å². The Morgan fingerprint density at radius 3 is 2.95 bits per heavy atom. The number of benzene rings is 1. The molecule has 2 aliphatic rings. The van der Waals surface area contributed by atoms with Crippen molar-refractivity contribution in [2.75, 3.05) is 12.4 Å². The molecule has 20 heavy (non-hydrogen) atoms. The molecular weight excluding hydrogens is 276 g/mol. The van der Waals surface area contributed by atoms with Gasteiger partial charge in [0.25, 0.3) is 0 Å². The predicted octanol–water partition coefficient (Wildman–Crippen LogP) is 3.16. The standard InChI is InChI=1S/C15H18O4S/c16-14(17)11-4-3-5-13(8-11)20-10-12-9-18-15(19-12)6-1-2-7-15/h3-5,8,12H,1-2,6-7,9-10H2,(H,16,17). The second-order valence-electron chi connectivity index (χ2n) is 5.31. The lowest BCUT2D eigenvalue weighted by atomic mass is 10.2. The number of hydrogen-bond donors (Lipinski definition) is 1. The molecule has 1 aliphatic carbocycles. The van der Waals surface area contributed by atoms with E-state index < -0.39 is 5.97 Å². The van der Waals surface area contributed by atoms with Gasteiger partial charge in [-0.25, -0.2) is 4.79 Å². The van der Waals surface area contributed by atoms with Crippen molar-refractivity contribution < 1.29 is 19.4 Å². The lowest BCUT2D eigenvalue weighted by molar-refractivity contribution is -0.159. The molecule has 1 aromatic rings. The number of carboxylic acids is 1. The van der Waals surface area contributed by atoms with Crippen LogP contribution in [0.4, 0.5) is 0 Å². The summed E-state index contributed by atoms with van der Waals surface area (Å²) in [5, 5.41) is 8.97. The Labute approximate surface area is 122 Å². The molecule has 4 nitrogen and oxygen atoms in total. The molecule has 3 rings (SSSR count). The van der Waals surface area contributed by atoms with Crippen molar-refractivity contribution in [3.05, 3.63) is 29.8 Å². The van der Waals surface area contributed by atoms with Crippen LogP contribution >= 0.6 is 11.8 Å². The average Bonchev–Trinajstić information content (AvgIpc) is 3.08. The fourth-order valence-electron chi connectivity index (χ4n) is 2.78. The van der Waals surface area contributed by atoms with E-state index in [4.69, 9.17) is 14.6 Å². The summed E-state index contributed by atoms with van der Waals surface area (Å²) in [5.74, 6) is -0.406. The smallest absolute Gasteiger partial charge is 0.335 e. The number of carbonyl (C=O) groups is 1. The molecule has 1 N–H and O–H groups in total. The Balaban J connectivity index is 1.55. The van der Waals surface area contributed by atoms with Crippen LogP contribution in [0.25, 0.3) is 0 Å². The number of hydrogen-bond acceptors (Lipinski definition) is 4. The quantitative estimate of drug-likeness (QED) is 0.864. The van der Waals surface area contributed by atoms with E-state index in [2.05, 4.69) is 0 Å². The number of carboxylic acid groups (broad SMARTS) is 1. The maximum atomic E-state index is 10.9. The summed E-state index contributed by atoms with van der Waals surface area (Å²) in [6, 6.07) is 7.01. The third-order valence-electron chi connectivity index (χ3n) is 3.80. The van der Waals surface area contributed by atoms with Gasteiger partial charge in [0, 0.05) is 23.5 Å². The number of aromatic carboxylic acids is 1. The SMILES string of the molecule is O=C(O)c1cccc(SCC2COC3(CCCC3)O2)c1. The molecule has 2 fully saturated rings. The van der Waals surface area contributed by atoms with Gasteiger partial charge in [0.1, 0.15) is 0 Å². The maximum Gasteiger partial charge on any atom is 0.335 e. The van der Waals surface area contributed by atoms with Gasteiger partial charge in [-0.1, -0.05) is 6.07 Å². The summed E-state index contributed by atoms with van der Waals surface area (Å²) in [7, 11) is 0. The van der Waals surface area contributed by atoms with Gasteiger partial charge in [-0.05, 0) is 31.0 Å². The monoisotopic (exact) mass is 294 g/mol. The molecule has 1 atom stereocenters. The van der Waals surface area contributed by atoms with E-state index in [1.54, 1.807) is 30.0 Å². The van der Waals surface area contributed by atoms with Crippen LogP contribution in [0.1, 0.15) is 36.0 Å². The summed E-state index contributed by atoms with van der Waals surface area (Å²) in [6.07, 6.45) is 4.47. The lowest BCUT2D eigenvalue weighted by Crippen LogP contribution is -2.27. The molecule has 1 saturated heterocycles. The number of thioether (sulfide) groups is 1. The lowest BCUT2D eigenvalue weighted by Gasteiger charge is -2.21. The topological polar surface area (TPSA) is 55.8 Å². The second-order valence-corrected chi connectivity index (χ2v) is 6.41. The summed E-state index contributed by atoms with van der Waals surface area (Å²) >= 11 is 1.62. The molecule has 0 amide bonds. The van der Waals surface area contributed by atoms with Crippen LogP contribution in [0.15, 0.2) is 29.2 Å². The van der Waals surface area contributed by atoms with E-state index in [1.165, 1.54) is 12.8 Å². The van der Waals surface area contributed by atoms with Crippen molar-refractivity contribution in [2.24, 2.45) is 0 Å². The zero-order chi connectivity index (χ0) is 14.0. The fourth-order valence-corrected chi connectivity index (χ4v) is 3.71. The molecule has 1 spiro atoms. The van der Waals surface area contributed by atoms with Gasteiger partial charge in [-0.3, -0.25) is 0 Å². The fraction of sp³-hybridized carbons (Fsp3) is 0.533. The first-order valence-corrected chi connectivity index (χ1v) is 7.93. The molecule has 1 unspecified atom stereocenters. The van der Waals surface area contributed by atoms with Crippen molar-refractivity contribution in [3.63, 3.8) is 0 Å². The first kappa shape index (κ1) is 13.9. The second kappa shape index (κ2) is 5.76. The Hall–Kier alpha value is -1.04. The van der Waals surface area contributed by atoms with Crippen LogP contribution in [0.3, 0.4) is 0 Å². The molecule has 0 bridgehead atoms. The third-order valence-corrected chi connectivity index (χ3v) is 4.92. The molecule has 0 radical (unpaired) electrons. The normalized spacial score (nSPS) is 24.3. The Bertz CT molecular complexity index is 496. The zero-order valence-electron chi connectivity index (χ0n) is 11.2. The molecule has 1 saturated carbocycles. The van der Waals surface area contributed by atoms with Gasteiger partial charge in [0.2, 0.25) is 0 Å².